The fourth-order valence-electron chi connectivity index (χ4n) is 2.58. The van der Waals surface area contributed by atoms with E-state index in [1.54, 1.807) is 0 Å². The Morgan fingerprint density at radius 1 is 1.00 bits per heavy atom. The zero-order chi connectivity index (χ0) is 19.9. The molecular formula is C14H16F8O3. The molecule has 146 valence electrons. The van der Waals surface area contributed by atoms with Gasteiger partial charge in [-0.25, -0.2) is 4.79 Å². The van der Waals surface area contributed by atoms with Crippen LogP contribution in [0.25, 0.3) is 0 Å². The molecule has 11 heteroatoms. The van der Waals surface area contributed by atoms with E-state index in [2.05, 4.69) is 11.3 Å². The largest absolute Gasteiger partial charge is 0.449 e. The summed E-state index contributed by atoms with van der Waals surface area (Å²) in [4.78, 5) is 11.5. The molecule has 1 rings (SSSR count). The van der Waals surface area contributed by atoms with Gasteiger partial charge in [0, 0.05) is 0 Å². The van der Waals surface area contributed by atoms with E-state index in [9.17, 15) is 45.0 Å². The van der Waals surface area contributed by atoms with Crippen molar-refractivity contribution >= 4 is 5.97 Å². The first kappa shape index (κ1) is 21.7. The number of alkyl halides is 8. The summed E-state index contributed by atoms with van der Waals surface area (Å²) in [6.45, 7) is 2.17. The van der Waals surface area contributed by atoms with Crippen molar-refractivity contribution < 1.29 is 49.8 Å². The second-order valence-corrected chi connectivity index (χ2v) is 6.07. The fraction of sp³-hybridized carbons (Fsp3) is 0.786. The Morgan fingerprint density at radius 3 is 1.80 bits per heavy atom. The zero-order valence-corrected chi connectivity index (χ0v) is 13.0. The summed E-state index contributed by atoms with van der Waals surface area (Å²) in [6.07, 6.45) is -12.7. The Kier molecular flexibility index (Phi) is 5.55. The molecule has 0 spiro atoms. The van der Waals surface area contributed by atoms with Crippen molar-refractivity contribution in [3.05, 3.63) is 12.2 Å². The van der Waals surface area contributed by atoms with Gasteiger partial charge in [-0.2, -0.15) is 35.1 Å². The normalized spacial score (nSPS) is 21.4. The molecule has 0 aromatic carbocycles. The number of ether oxygens (including phenoxy) is 1. The number of rotatable bonds is 4. The van der Waals surface area contributed by atoms with Crippen LogP contribution in [-0.2, 0) is 9.53 Å². The Hall–Kier alpha value is -1.39. The Bertz CT molecular complexity index is 527. The lowest BCUT2D eigenvalue weighted by Crippen LogP contribution is -2.68. The molecule has 3 nitrogen and oxygen atoms in total. The van der Waals surface area contributed by atoms with Crippen molar-refractivity contribution in [2.45, 2.75) is 68.5 Å². The average molecular weight is 384 g/mol. The van der Waals surface area contributed by atoms with Crippen molar-refractivity contribution in [3.8, 4) is 0 Å². The van der Waals surface area contributed by atoms with E-state index in [0.29, 0.717) is 6.42 Å². The maximum atomic E-state index is 14.6. The third-order valence-corrected chi connectivity index (χ3v) is 4.27. The van der Waals surface area contributed by atoms with Crippen LogP contribution in [0.3, 0.4) is 0 Å². The maximum absolute atomic E-state index is 14.6. The van der Waals surface area contributed by atoms with Crippen LogP contribution in [0, 0.1) is 0 Å². The van der Waals surface area contributed by atoms with E-state index in [0.717, 1.165) is 0 Å². The molecule has 1 aliphatic rings. The van der Waals surface area contributed by atoms with Crippen molar-refractivity contribution in [2.24, 2.45) is 0 Å². The smallest absolute Gasteiger partial charge is 0.423 e. The molecule has 0 bridgehead atoms. The van der Waals surface area contributed by atoms with Gasteiger partial charge in [-0.15, -0.1) is 0 Å². The molecule has 0 aliphatic heterocycles. The van der Waals surface area contributed by atoms with E-state index >= 15 is 0 Å². The highest BCUT2D eigenvalue weighted by Gasteiger charge is 2.75. The van der Waals surface area contributed by atoms with E-state index in [1.807, 2.05) is 0 Å². The minimum atomic E-state index is -5.81. The number of esters is 1. The summed E-state index contributed by atoms with van der Waals surface area (Å²) in [6, 6.07) is 0. The van der Waals surface area contributed by atoms with Crippen LogP contribution < -0.4 is 0 Å². The van der Waals surface area contributed by atoms with E-state index < -0.39 is 53.9 Å². The highest BCUT2D eigenvalue weighted by atomic mass is 19.4. The topological polar surface area (TPSA) is 46.5 Å². The minimum Gasteiger partial charge on any atom is -0.449 e. The molecule has 25 heavy (non-hydrogen) atoms. The third kappa shape index (κ3) is 3.75. The van der Waals surface area contributed by atoms with Gasteiger partial charge in [0.1, 0.15) is 5.57 Å². The Morgan fingerprint density at radius 2 is 1.44 bits per heavy atom. The van der Waals surface area contributed by atoms with Crippen LogP contribution in [0.1, 0.15) is 39.0 Å². The quantitative estimate of drug-likeness (QED) is 0.447. The molecule has 0 aromatic rings. The number of carbonyl (C=O) groups excluding carboxylic acids is 1. The number of hydrogen-bond acceptors (Lipinski definition) is 3. The Balaban J connectivity index is 3.32. The average Bonchev–Trinajstić information content (AvgIpc) is 2.44. The molecular weight excluding hydrogens is 368 g/mol. The van der Waals surface area contributed by atoms with Gasteiger partial charge in [-0.05, 0) is 32.6 Å². The van der Waals surface area contributed by atoms with Crippen molar-refractivity contribution in [1.29, 1.82) is 0 Å². The molecule has 1 fully saturated rings. The van der Waals surface area contributed by atoms with Crippen LogP contribution in [0.2, 0.25) is 0 Å². The van der Waals surface area contributed by atoms with Crippen LogP contribution in [0.4, 0.5) is 35.1 Å². The molecule has 1 atom stereocenters. The number of hydrogen-bond donors (Lipinski definition) is 1. The van der Waals surface area contributed by atoms with Gasteiger partial charge in [-0.3, -0.25) is 0 Å². The lowest BCUT2D eigenvalue weighted by molar-refractivity contribution is -0.365. The van der Waals surface area contributed by atoms with Gasteiger partial charge in [0.25, 0.3) is 0 Å². The summed E-state index contributed by atoms with van der Waals surface area (Å²) in [5.74, 6) is -7.38. The highest BCUT2D eigenvalue weighted by Crippen LogP contribution is 2.53. The molecule has 1 N–H and O–H groups in total. The van der Waals surface area contributed by atoms with Crippen molar-refractivity contribution in [1.82, 2.24) is 0 Å². The van der Waals surface area contributed by atoms with Crippen molar-refractivity contribution in [3.63, 3.8) is 0 Å². The molecule has 0 aromatic heterocycles. The van der Waals surface area contributed by atoms with E-state index in [-0.39, 0.29) is 19.8 Å². The maximum Gasteiger partial charge on any atom is 0.423 e. The van der Waals surface area contributed by atoms with Crippen LogP contribution in [0.5, 0.6) is 0 Å². The molecule has 0 radical (unpaired) electrons. The molecule has 1 unspecified atom stereocenters. The van der Waals surface area contributed by atoms with Gasteiger partial charge in [0.15, 0.2) is 5.60 Å². The first-order chi connectivity index (χ1) is 11.0. The summed E-state index contributed by atoms with van der Waals surface area (Å²) in [7, 11) is 0. The SMILES string of the molecule is C=C(C(=O)OC1(C(F)(F)C(C)(O)C(F)(F)F)CCCCC1)C(F)(F)F. The predicted molar refractivity (Wildman–Crippen MR) is 68.7 cm³/mol. The van der Waals surface area contributed by atoms with Crippen molar-refractivity contribution in [2.75, 3.05) is 0 Å². The van der Waals surface area contributed by atoms with Crippen LogP contribution >= 0.6 is 0 Å². The standard InChI is InChI=1S/C14H16F8O3/c1-8(12(15,16)17)9(23)25-11(6-4-3-5-7-11)13(18,19)10(2,24)14(20,21)22/h24H,1,3-7H2,2H3. The summed E-state index contributed by atoms with van der Waals surface area (Å²) < 4.78 is 110. The lowest BCUT2D eigenvalue weighted by Gasteiger charge is -2.48. The minimum absolute atomic E-state index is 0.116. The monoisotopic (exact) mass is 384 g/mol. The first-order valence-electron chi connectivity index (χ1n) is 7.16. The summed E-state index contributed by atoms with van der Waals surface area (Å²) in [5.41, 5.74) is -9.97. The number of carbonyl (C=O) groups is 1. The highest BCUT2D eigenvalue weighted by molar-refractivity contribution is 5.89. The van der Waals surface area contributed by atoms with Gasteiger partial charge in [0.05, 0.1) is 0 Å². The van der Waals surface area contributed by atoms with Gasteiger partial charge >= 0.3 is 24.2 Å². The van der Waals surface area contributed by atoms with Gasteiger partial charge in [-0.1, -0.05) is 13.0 Å². The molecule has 1 aliphatic carbocycles. The first-order valence-corrected chi connectivity index (χ1v) is 7.16. The van der Waals surface area contributed by atoms with Crippen LogP contribution in [0.15, 0.2) is 12.2 Å². The molecule has 0 amide bonds. The summed E-state index contributed by atoms with van der Waals surface area (Å²) >= 11 is 0. The molecule has 0 heterocycles. The second kappa shape index (κ2) is 6.40. The Labute approximate surface area is 137 Å². The van der Waals surface area contributed by atoms with Gasteiger partial charge in [0.2, 0.25) is 5.60 Å². The van der Waals surface area contributed by atoms with Gasteiger partial charge < -0.3 is 9.84 Å². The zero-order valence-electron chi connectivity index (χ0n) is 13.0. The van der Waals surface area contributed by atoms with E-state index in [1.165, 1.54) is 0 Å². The van der Waals surface area contributed by atoms with Crippen LogP contribution in [-0.4, -0.2) is 40.6 Å². The second-order valence-electron chi connectivity index (χ2n) is 6.07. The number of aliphatic hydroxyl groups is 1. The fourth-order valence-corrected chi connectivity index (χ4v) is 2.58. The summed E-state index contributed by atoms with van der Waals surface area (Å²) in [5, 5.41) is 9.40. The third-order valence-electron chi connectivity index (χ3n) is 4.27. The number of halogens is 8. The predicted octanol–water partition coefficient (Wildman–Crippen LogP) is 4.30. The molecule has 1 saturated carbocycles. The van der Waals surface area contributed by atoms with E-state index in [4.69, 9.17) is 0 Å². The lowest BCUT2D eigenvalue weighted by atomic mass is 9.73. The molecule has 0 saturated heterocycles.